The molecule has 0 saturated carbocycles. The number of carbonyl (C=O) groups excluding carboxylic acids is 1. The molecule has 25 heavy (non-hydrogen) atoms. The summed E-state index contributed by atoms with van der Waals surface area (Å²) in [5.41, 5.74) is 1.34. The molecule has 1 unspecified atom stereocenters. The summed E-state index contributed by atoms with van der Waals surface area (Å²) in [6.07, 6.45) is 0.721. The number of benzene rings is 2. The number of carbonyl (C=O) groups is 1. The first-order valence-corrected chi connectivity index (χ1v) is 7.99. The van der Waals surface area contributed by atoms with Gasteiger partial charge in [0.1, 0.15) is 11.5 Å². The average Bonchev–Trinajstić information content (AvgIpc) is 2.60. The van der Waals surface area contributed by atoms with Gasteiger partial charge in [0.2, 0.25) is 5.91 Å². The molecule has 2 aromatic rings. The maximum Gasteiger partial charge on any atom is 0.387 e. The highest BCUT2D eigenvalue weighted by molar-refractivity contribution is 5.79. The molecule has 0 radical (unpaired) electrons. The first-order valence-electron chi connectivity index (χ1n) is 7.99. The summed E-state index contributed by atoms with van der Waals surface area (Å²) in [5, 5.41) is 2.88. The van der Waals surface area contributed by atoms with Crippen LogP contribution < -0.4 is 14.8 Å². The summed E-state index contributed by atoms with van der Waals surface area (Å²) in [4.78, 5) is 12.3. The third-order valence-electron chi connectivity index (χ3n) is 3.75. The zero-order valence-corrected chi connectivity index (χ0v) is 14.2. The number of halogens is 2. The molecule has 0 heterocycles. The molecule has 0 saturated heterocycles. The Balaban J connectivity index is 2.10. The van der Waals surface area contributed by atoms with Crippen molar-refractivity contribution in [1.29, 1.82) is 0 Å². The second-order valence-corrected chi connectivity index (χ2v) is 5.47. The van der Waals surface area contributed by atoms with Gasteiger partial charge >= 0.3 is 6.61 Å². The Morgan fingerprint density at radius 1 is 1.16 bits per heavy atom. The van der Waals surface area contributed by atoms with Crippen LogP contribution in [0.5, 0.6) is 11.5 Å². The minimum atomic E-state index is -2.91. The van der Waals surface area contributed by atoms with Crippen LogP contribution in [-0.2, 0) is 11.2 Å². The quantitative estimate of drug-likeness (QED) is 0.780. The first kappa shape index (κ1) is 18.7. The molecule has 2 aromatic carbocycles. The van der Waals surface area contributed by atoms with Gasteiger partial charge in [0.15, 0.2) is 0 Å². The minimum absolute atomic E-state index is 0.0750. The van der Waals surface area contributed by atoms with Crippen LogP contribution >= 0.6 is 0 Å². The van der Waals surface area contributed by atoms with E-state index >= 15 is 0 Å². The Morgan fingerprint density at radius 2 is 1.92 bits per heavy atom. The highest BCUT2D eigenvalue weighted by Crippen LogP contribution is 2.28. The average molecular weight is 349 g/mol. The van der Waals surface area contributed by atoms with Crippen molar-refractivity contribution in [3.63, 3.8) is 0 Å². The van der Waals surface area contributed by atoms with Crippen LogP contribution in [0.2, 0.25) is 0 Å². The van der Waals surface area contributed by atoms with E-state index in [2.05, 4.69) is 10.1 Å². The van der Waals surface area contributed by atoms with E-state index in [4.69, 9.17) is 4.74 Å². The lowest BCUT2D eigenvalue weighted by atomic mass is 10.0. The maximum atomic E-state index is 12.6. The Bertz CT molecular complexity index is 707. The highest BCUT2D eigenvalue weighted by Gasteiger charge is 2.19. The Morgan fingerprint density at radius 3 is 2.60 bits per heavy atom. The fraction of sp³-hybridized carbons (Fsp3) is 0.316. The van der Waals surface area contributed by atoms with Crippen LogP contribution in [0.3, 0.4) is 0 Å². The molecule has 6 heteroatoms. The van der Waals surface area contributed by atoms with Gasteiger partial charge in [-0.2, -0.15) is 8.78 Å². The van der Waals surface area contributed by atoms with E-state index in [1.165, 1.54) is 6.07 Å². The standard InChI is InChI=1S/C19H21F2NO3/c1-3-16(15-9-4-5-10-17(15)25-19(20)21)22-18(23)12-13-7-6-8-14(11-13)24-2/h4-11,16,19H,3,12H2,1-2H3,(H,22,23). The zero-order valence-electron chi connectivity index (χ0n) is 14.2. The van der Waals surface area contributed by atoms with Crippen molar-refractivity contribution < 1.29 is 23.0 Å². The number of ether oxygens (including phenoxy) is 2. The van der Waals surface area contributed by atoms with Crippen molar-refractivity contribution in [2.24, 2.45) is 0 Å². The maximum absolute atomic E-state index is 12.6. The SMILES string of the molecule is CCC(NC(=O)Cc1cccc(OC)c1)c1ccccc1OC(F)F. The van der Waals surface area contributed by atoms with Gasteiger partial charge in [-0.1, -0.05) is 37.3 Å². The van der Waals surface area contributed by atoms with Crippen molar-refractivity contribution in [2.45, 2.75) is 32.4 Å². The molecule has 0 spiro atoms. The molecule has 0 aromatic heterocycles. The molecule has 2 rings (SSSR count). The van der Waals surface area contributed by atoms with E-state index in [1.54, 1.807) is 37.4 Å². The number of alkyl halides is 2. The predicted octanol–water partition coefficient (Wildman–Crippen LogP) is 4.11. The van der Waals surface area contributed by atoms with Gasteiger partial charge in [-0.15, -0.1) is 0 Å². The molecule has 0 aliphatic rings. The van der Waals surface area contributed by atoms with Crippen LogP contribution in [-0.4, -0.2) is 19.6 Å². The third kappa shape index (κ3) is 5.45. The van der Waals surface area contributed by atoms with Gasteiger partial charge in [-0.3, -0.25) is 4.79 Å². The van der Waals surface area contributed by atoms with Crippen LogP contribution in [0.1, 0.15) is 30.5 Å². The van der Waals surface area contributed by atoms with Gasteiger partial charge in [0.05, 0.1) is 19.6 Å². The van der Waals surface area contributed by atoms with E-state index < -0.39 is 12.7 Å². The topological polar surface area (TPSA) is 47.6 Å². The number of rotatable bonds is 8. The molecule has 134 valence electrons. The second kappa shape index (κ2) is 9.01. The first-order chi connectivity index (χ1) is 12.0. The molecule has 0 aliphatic carbocycles. The van der Waals surface area contributed by atoms with Gasteiger partial charge in [0.25, 0.3) is 0 Å². The predicted molar refractivity (Wildman–Crippen MR) is 90.9 cm³/mol. The van der Waals surface area contributed by atoms with Crippen molar-refractivity contribution in [2.75, 3.05) is 7.11 Å². The van der Waals surface area contributed by atoms with E-state index in [0.717, 1.165) is 5.56 Å². The lowest BCUT2D eigenvalue weighted by Crippen LogP contribution is -2.30. The molecular weight excluding hydrogens is 328 g/mol. The van der Waals surface area contributed by atoms with Crippen LogP contribution in [0.15, 0.2) is 48.5 Å². The molecule has 1 atom stereocenters. The number of methoxy groups -OCH3 is 1. The lowest BCUT2D eigenvalue weighted by molar-refractivity contribution is -0.121. The number of hydrogen-bond acceptors (Lipinski definition) is 3. The third-order valence-corrected chi connectivity index (χ3v) is 3.75. The van der Waals surface area contributed by atoms with Gasteiger partial charge in [-0.05, 0) is 30.2 Å². The van der Waals surface area contributed by atoms with Gasteiger partial charge in [0, 0.05) is 5.56 Å². The van der Waals surface area contributed by atoms with Crippen molar-refractivity contribution >= 4 is 5.91 Å². The summed E-state index contributed by atoms with van der Waals surface area (Å²) in [6.45, 7) is -1.04. The second-order valence-electron chi connectivity index (χ2n) is 5.47. The molecule has 0 aliphatic heterocycles. The normalized spacial score (nSPS) is 11.9. The van der Waals surface area contributed by atoms with Crippen molar-refractivity contribution in [1.82, 2.24) is 5.32 Å². The molecule has 0 fully saturated rings. The Hall–Kier alpha value is -2.63. The summed E-state index contributed by atoms with van der Waals surface area (Å²) in [7, 11) is 1.56. The molecule has 1 amide bonds. The largest absolute Gasteiger partial charge is 0.497 e. The van der Waals surface area contributed by atoms with Gasteiger partial charge in [-0.25, -0.2) is 0 Å². The van der Waals surface area contributed by atoms with Crippen LogP contribution in [0.4, 0.5) is 8.78 Å². The van der Waals surface area contributed by atoms with E-state index in [1.807, 2.05) is 19.1 Å². The van der Waals surface area contributed by atoms with Crippen molar-refractivity contribution in [3.8, 4) is 11.5 Å². The smallest absolute Gasteiger partial charge is 0.387 e. The van der Waals surface area contributed by atoms with Crippen molar-refractivity contribution in [3.05, 3.63) is 59.7 Å². The fourth-order valence-corrected chi connectivity index (χ4v) is 2.58. The summed E-state index contributed by atoms with van der Waals surface area (Å²) in [5.74, 6) is 0.547. The molecule has 1 N–H and O–H groups in total. The number of para-hydroxylation sites is 1. The van der Waals surface area contributed by atoms with E-state index in [0.29, 0.717) is 17.7 Å². The van der Waals surface area contributed by atoms with E-state index in [-0.39, 0.29) is 18.1 Å². The minimum Gasteiger partial charge on any atom is -0.497 e. The molecular formula is C19H21F2NO3. The van der Waals surface area contributed by atoms with Crippen LogP contribution in [0.25, 0.3) is 0 Å². The number of amides is 1. The number of nitrogens with one attached hydrogen (secondary N) is 1. The van der Waals surface area contributed by atoms with Gasteiger partial charge < -0.3 is 14.8 Å². The number of hydrogen-bond donors (Lipinski definition) is 1. The lowest BCUT2D eigenvalue weighted by Gasteiger charge is -2.20. The summed E-state index contributed by atoms with van der Waals surface area (Å²) < 4.78 is 34.8. The van der Waals surface area contributed by atoms with E-state index in [9.17, 15) is 13.6 Å². The summed E-state index contributed by atoms with van der Waals surface area (Å²) >= 11 is 0. The molecule has 4 nitrogen and oxygen atoms in total. The summed E-state index contributed by atoms with van der Waals surface area (Å²) in [6, 6.07) is 13.3. The molecule has 0 bridgehead atoms. The zero-order chi connectivity index (χ0) is 18.2. The fourth-order valence-electron chi connectivity index (χ4n) is 2.58. The highest BCUT2D eigenvalue weighted by atomic mass is 19.3. The Kier molecular flexibility index (Phi) is 6.74. The Labute approximate surface area is 145 Å². The van der Waals surface area contributed by atoms with Crippen LogP contribution in [0, 0.1) is 0 Å². The monoisotopic (exact) mass is 349 g/mol.